The topological polar surface area (TPSA) is 44.5 Å². The van der Waals surface area contributed by atoms with Crippen LogP contribution in [0.25, 0.3) is 16.7 Å². The Bertz CT molecular complexity index is 870. The lowest BCUT2D eigenvalue weighted by Gasteiger charge is -2.06. The molecular weight excluding hydrogens is 322 g/mol. The summed E-state index contributed by atoms with van der Waals surface area (Å²) in [6.45, 7) is 0. The Hall–Kier alpha value is -1.90. The number of imidazole rings is 1. The van der Waals surface area contributed by atoms with Gasteiger partial charge in [0.1, 0.15) is 6.07 Å². The Kier molecular flexibility index (Phi) is 2.97. The van der Waals surface area contributed by atoms with E-state index in [1.54, 1.807) is 6.07 Å². The highest BCUT2D eigenvalue weighted by Crippen LogP contribution is 2.24. The first-order valence-corrected chi connectivity index (χ1v) is 6.80. The molecule has 0 spiro atoms. The van der Waals surface area contributed by atoms with Crippen LogP contribution in [0.5, 0.6) is 0 Å². The number of hydrogen-bond acceptors (Lipinski definition) is 2. The predicted molar refractivity (Wildman–Crippen MR) is 80.9 cm³/mol. The Morgan fingerprint density at radius 2 is 2.00 bits per heavy atom. The van der Waals surface area contributed by atoms with Crippen LogP contribution in [0.4, 0.5) is 0 Å². The van der Waals surface area contributed by atoms with Crippen molar-refractivity contribution in [3.05, 3.63) is 57.3 Å². The van der Waals surface area contributed by atoms with Gasteiger partial charge < -0.3 is 4.98 Å². The molecule has 3 rings (SSSR count). The Labute approximate surface area is 123 Å². The number of hydrogen-bond donors (Lipinski definition) is 1. The monoisotopic (exact) mass is 329 g/mol. The fourth-order valence-corrected chi connectivity index (χ4v) is 2.75. The summed E-state index contributed by atoms with van der Waals surface area (Å²) in [6, 6.07) is 15.5. The van der Waals surface area contributed by atoms with Crippen LogP contribution >= 0.6 is 28.1 Å². The first kappa shape index (κ1) is 12.2. The highest BCUT2D eigenvalue weighted by molar-refractivity contribution is 9.10. The number of H-pyrrole nitrogens is 1. The summed E-state index contributed by atoms with van der Waals surface area (Å²) in [4.78, 5) is 3.16. The average molecular weight is 330 g/mol. The van der Waals surface area contributed by atoms with Crippen molar-refractivity contribution < 1.29 is 0 Å². The number of halogens is 1. The lowest BCUT2D eigenvalue weighted by Crippen LogP contribution is -1.97. The number of aromatic nitrogens is 2. The molecule has 0 saturated heterocycles. The second kappa shape index (κ2) is 4.65. The zero-order valence-electron chi connectivity index (χ0n) is 9.72. The van der Waals surface area contributed by atoms with E-state index in [2.05, 4.69) is 27.0 Å². The Morgan fingerprint density at radius 3 is 2.79 bits per heavy atom. The Morgan fingerprint density at radius 1 is 1.21 bits per heavy atom. The predicted octanol–water partition coefficient (Wildman–Crippen LogP) is 4.32. The van der Waals surface area contributed by atoms with E-state index in [0.717, 1.165) is 21.2 Å². The quantitative estimate of drug-likeness (QED) is 0.675. The molecule has 3 aromatic rings. The molecule has 1 aromatic heterocycles. The van der Waals surface area contributed by atoms with Crippen LogP contribution in [-0.2, 0) is 0 Å². The molecule has 3 nitrogen and oxygen atoms in total. The number of nitrogens with one attached hydrogen (secondary N) is 1. The molecule has 5 heteroatoms. The smallest absolute Gasteiger partial charge is 0.182 e. The SMILES string of the molecule is N#Cc1ccccc1-n1c(=S)[nH]c2cc(Br)ccc21. The number of nitriles is 1. The summed E-state index contributed by atoms with van der Waals surface area (Å²) in [7, 11) is 0. The van der Waals surface area contributed by atoms with Crippen molar-refractivity contribution in [2.45, 2.75) is 0 Å². The van der Waals surface area contributed by atoms with E-state index in [1.165, 1.54) is 0 Å². The van der Waals surface area contributed by atoms with Crippen molar-refractivity contribution in [2.75, 3.05) is 0 Å². The number of benzene rings is 2. The molecule has 2 aromatic carbocycles. The lowest BCUT2D eigenvalue weighted by molar-refractivity contribution is 1.06. The number of rotatable bonds is 1. The summed E-state index contributed by atoms with van der Waals surface area (Å²) in [5.41, 5.74) is 3.29. The van der Waals surface area contributed by atoms with Crippen molar-refractivity contribution >= 4 is 39.2 Å². The van der Waals surface area contributed by atoms with Crippen molar-refractivity contribution in [2.24, 2.45) is 0 Å². The lowest BCUT2D eigenvalue weighted by atomic mass is 10.2. The number of fused-ring (bicyclic) bond motifs is 1. The fraction of sp³-hybridized carbons (Fsp3) is 0. The number of nitrogens with zero attached hydrogens (tertiary/aromatic N) is 2. The largest absolute Gasteiger partial charge is 0.330 e. The minimum atomic E-state index is 0.579. The minimum Gasteiger partial charge on any atom is -0.330 e. The summed E-state index contributed by atoms with van der Waals surface area (Å²) < 4.78 is 3.45. The molecule has 1 N–H and O–H groups in total. The van der Waals surface area contributed by atoms with Gasteiger partial charge in [0.15, 0.2) is 4.77 Å². The Balaban J connectivity index is 2.41. The van der Waals surface area contributed by atoms with Gasteiger partial charge in [0.25, 0.3) is 0 Å². The molecule has 0 saturated carbocycles. The van der Waals surface area contributed by atoms with Crippen LogP contribution in [0.15, 0.2) is 46.9 Å². The van der Waals surface area contributed by atoms with Crippen molar-refractivity contribution in [3.8, 4) is 11.8 Å². The summed E-state index contributed by atoms with van der Waals surface area (Å²) in [5, 5.41) is 9.21. The first-order valence-electron chi connectivity index (χ1n) is 5.60. The third-order valence-electron chi connectivity index (χ3n) is 2.91. The van der Waals surface area contributed by atoms with E-state index >= 15 is 0 Å². The van der Waals surface area contributed by atoms with Gasteiger partial charge in [-0.05, 0) is 42.5 Å². The average Bonchev–Trinajstić information content (AvgIpc) is 2.73. The number of aromatic amines is 1. The normalized spacial score (nSPS) is 10.5. The molecule has 0 aliphatic carbocycles. The van der Waals surface area contributed by atoms with Crippen LogP contribution < -0.4 is 0 Å². The van der Waals surface area contributed by atoms with Crippen LogP contribution in [-0.4, -0.2) is 9.55 Å². The zero-order chi connectivity index (χ0) is 13.4. The van der Waals surface area contributed by atoms with E-state index in [-0.39, 0.29) is 0 Å². The van der Waals surface area contributed by atoms with Gasteiger partial charge in [-0.1, -0.05) is 28.1 Å². The molecule has 0 aliphatic rings. The second-order valence-corrected chi connectivity index (χ2v) is 5.36. The van der Waals surface area contributed by atoms with Crippen molar-refractivity contribution in [1.82, 2.24) is 9.55 Å². The van der Waals surface area contributed by atoms with E-state index in [4.69, 9.17) is 12.2 Å². The van der Waals surface area contributed by atoms with Crippen molar-refractivity contribution in [3.63, 3.8) is 0 Å². The van der Waals surface area contributed by atoms with E-state index in [9.17, 15) is 5.26 Å². The third-order valence-corrected chi connectivity index (χ3v) is 3.69. The second-order valence-electron chi connectivity index (χ2n) is 4.06. The van der Waals surface area contributed by atoms with Gasteiger partial charge in [-0.15, -0.1) is 0 Å². The van der Waals surface area contributed by atoms with Crippen molar-refractivity contribution in [1.29, 1.82) is 5.26 Å². The van der Waals surface area contributed by atoms with Gasteiger partial charge in [-0.2, -0.15) is 5.26 Å². The highest BCUT2D eigenvalue weighted by Gasteiger charge is 2.10. The molecule has 0 amide bonds. The van der Waals surface area contributed by atoms with Gasteiger partial charge >= 0.3 is 0 Å². The fourth-order valence-electron chi connectivity index (χ4n) is 2.09. The van der Waals surface area contributed by atoms with E-state index in [1.807, 2.05) is 41.0 Å². The standard InChI is InChI=1S/C14H8BrN3S/c15-10-5-6-13-11(7-10)17-14(19)18(13)12-4-2-1-3-9(12)8-16/h1-7H,(H,17,19). The molecule has 0 unspecified atom stereocenters. The first-order chi connectivity index (χ1) is 9.20. The molecule has 92 valence electrons. The van der Waals surface area contributed by atoms with Crippen LogP contribution in [0.2, 0.25) is 0 Å². The van der Waals surface area contributed by atoms with E-state index in [0.29, 0.717) is 10.3 Å². The number of para-hydroxylation sites is 1. The van der Waals surface area contributed by atoms with Crippen LogP contribution in [0.3, 0.4) is 0 Å². The van der Waals surface area contributed by atoms with E-state index < -0.39 is 0 Å². The van der Waals surface area contributed by atoms with Gasteiger partial charge in [-0.25, -0.2) is 0 Å². The van der Waals surface area contributed by atoms with Gasteiger partial charge in [-0.3, -0.25) is 4.57 Å². The molecule has 0 aliphatic heterocycles. The summed E-state index contributed by atoms with van der Waals surface area (Å²) in [5.74, 6) is 0. The minimum absolute atomic E-state index is 0.579. The van der Waals surface area contributed by atoms with Gasteiger partial charge in [0.2, 0.25) is 0 Å². The molecule has 0 fully saturated rings. The van der Waals surface area contributed by atoms with Crippen LogP contribution in [0.1, 0.15) is 5.56 Å². The highest BCUT2D eigenvalue weighted by atomic mass is 79.9. The maximum absolute atomic E-state index is 9.21. The molecule has 1 heterocycles. The van der Waals surface area contributed by atoms with Crippen LogP contribution in [0, 0.1) is 16.1 Å². The van der Waals surface area contributed by atoms with Gasteiger partial charge in [0, 0.05) is 4.47 Å². The third kappa shape index (κ3) is 1.99. The van der Waals surface area contributed by atoms with Gasteiger partial charge in [0.05, 0.1) is 22.3 Å². The molecule has 19 heavy (non-hydrogen) atoms. The molecular formula is C14H8BrN3S. The summed E-state index contributed by atoms with van der Waals surface area (Å²) >= 11 is 8.80. The molecule has 0 bridgehead atoms. The maximum Gasteiger partial charge on any atom is 0.182 e. The summed E-state index contributed by atoms with van der Waals surface area (Å²) in [6.07, 6.45) is 0. The molecule has 0 atom stereocenters. The zero-order valence-corrected chi connectivity index (χ0v) is 12.1. The molecule has 0 radical (unpaired) electrons. The maximum atomic E-state index is 9.21.